The van der Waals surface area contributed by atoms with Crippen LogP contribution in [0.5, 0.6) is 0 Å². The highest BCUT2D eigenvalue weighted by molar-refractivity contribution is 5.18. The summed E-state index contributed by atoms with van der Waals surface area (Å²) in [6, 6.07) is 10.5. The van der Waals surface area contributed by atoms with Crippen molar-refractivity contribution in [3.05, 3.63) is 47.6 Å². The Hall–Kier alpha value is -1.72. The molecule has 0 saturated carbocycles. The molecule has 2 aromatic rings. The van der Waals surface area contributed by atoms with Gasteiger partial charge in [-0.25, -0.2) is 0 Å². The fourth-order valence-electron chi connectivity index (χ4n) is 2.59. The quantitative estimate of drug-likeness (QED) is 0.883. The molecular formula is C16H21N3O2. The standard InChI is InChI=1S/C16H21N3O2/c1-12(14-8-5-9-20-14)17-11-16-18-15(19-21-16)10-13-6-3-2-4-7-13/h2-4,6-7,12,14,17H,5,8-11H2,1H3. The van der Waals surface area contributed by atoms with Crippen molar-refractivity contribution in [3.8, 4) is 0 Å². The summed E-state index contributed by atoms with van der Waals surface area (Å²) in [7, 11) is 0. The SMILES string of the molecule is CC(NCc1nc(Cc2ccccc2)no1)C1CCCO1. The van der Waals surface area contributed by atoms with Crippen molar-refractivity contribution in [1.82, 2.24) is 15.5 Å². The summed E-state index contributed by atoms with van der Waals surface area (Å²) in [6.45, 7) is 3.60. The van der Waals surface area contributed by atoms with Crippen molar-refractivity contribution in [1.29, 1.82) is 0 Å². The first-order valence-electron chi connectivity index (χ1n) is 7.51. The van der Waals surface area contributed by atoms with Gasteiger partial charge in [0.1, 0.15) is 0 Å². The summed E-state index contributed by atoms with van der Waals surface area (Å²) >= 11 is 0. The van der Waals surface area contributed by atoms with Crippen LogP contribution in [0.1, 0.15) is 37.0 Å². The first-order valence-corrected chi connectivity index (χ1v) is 7.51. The molecule has 1 aliphatic heterocycles. The van der Waals surface area contributed by atoms with Crippen LogP contribution in [0.25, 0.3) is 0 Å². The number of ether oxygens (including phenoxy) is 1. The Balaban J connectivity index is 1.50. The third-order valence-electron chi connectivity index (χ3n) is 3.81. The van der Waals surface area contributed by atoms with Gasteiger partial charge in [0, 0.05) is 19.1 Å². The van der Waals surface area contributed by atoms with Crippen LogP contribution >= 0.6 is 0 Å². The van der Waals surface area contributed by atoms with E-state index >= 15 is 0 Å². The molecule has 0 bridgehead atoms. The molecule has 5 nitrogen and oxygen atoms in total. The monoisotopic (exact) mass is 287 g/mol. The first-order chi connectivity index (χ1) is 10.3. The van der Waals surface area contributed by atoms with Crippen LogP contribution in [-0.4, -0.2) is 28.9 Å². The fraction of sp³-hybridized carbons (Fsp3) is 0.500. The van der Waals surface area contributed by atoms with Crippen LogP contribution in [0, 0.1) is 0 Å². The zero-order valence-corrected chi connectivity index (χ0v) is 12.3. The van der Waals surface area contributed by atoms with E-state index in [9.17, 15) is 0 Å². The molecule has 0 amide bonds. The van der Waals surface area contributed by atoms with E-state index in [-0.39, 0.29) is 0 Å². The lowest BCUT2D eigenvalue weighted by molar-refractivity contribution is 0.0822. The summed E-state index contributed by atoms with van der Waals surface area (Å²) in [6.07, 6.45) is 3.28. The summed E-state index contributed by atoms with van der Waals surface area (Å²) in [4.78, 5) is 4.42. The molecule has 2 unspecified atom stereocenters. The number of benzene rings is 1. The summed E-state index contributed by atoms with van der Waals surface area (Å²) < 4.78 is 10.9. The van der Waals surface area contributed by atoms with Crippen molar-refractivity contribution in [2.75, 3.05) is 6.61 Å². The zero-order chi connectivity index (χ0) is 14.5. The molecule has 1 N–H and O–H groups in total. The second-order valence-electron chi connectivity index (χ2n) is 5.49. The predicted molar refractivity (Wildman–Crippen MR) is 78.8 cm³/mol. The van der Waals surface area contributed by atoms with E-state index in [0.717, 1.165) is 25.3 Å². The molecular weight excluding hydrogens is 266 g/mol. The van der Waals surface area contributed by atoms with Gasteiger partial charge in [-0.15, -0.1) is 0 Å². The minimum absolute atomic E-state index is 0.303. The molecule has 0 spiro atoms. The Kier molecular flexibility index (Phi) is 4.62. The molecule has 0 aliphatic carbocycles. The minimum Gasteiger partial charge on any atom is -0.377 e. The van der Waals surface area contributed by atoms with Gasteiger partial charge >= 0.3 is 0 Å². The van der Waals surface area contributed by atoms with Crippen LogP contribution < -0.4 is 5.32 Å². The molecule has 1 fully saturated rings. The highest BCUT2D eigenvalue weighted by Gasteiger charge is 2.22. The average Bonchev–Trinajstić information content (AvgIpc) is 3.17. The van der Waals surface area contributed by atoms with Crippen molar-refractivity contribution in [2.45, 2.75) is 44.9 Å². The number of hydrogen-bond donors (Lipinski definition) is 1. The maximum absolute atomic E-state index is 5.66. The molecule has 1 aliphatic rings. The molecule has 0 radical (unpaired) electrons. The first kappa shape index (κ1) is 14.2. The number of aromatic nitrogens is 2. The zero-order valence-electron chi connectivity index (χ0n) is 12.3. The van der Waals surface area contributed by atoms with Gasteiger partial charge in [0.05, 0.1) is 12.6 Å². The Labute approximate surface area is 124 Å². The van der Waals surface area contributed by atoms with E-state index in [0.29, 0.717) is 31.0 Å². The van der Waals surface area contributed by atoms with Gasteiger partial charge in [-0.05, 0) is 25.3 Å². The third-order valence-corrected chi connectivity index (χ3v) is 3.81. The van der Waals surface area contributed by atoms with Crippen LogP contribution in [0.4, 0.5) is 0 Å². The van der Waals surface area contributed by atoms with E-state index in [1.807, 2.05) is 18.2 Å². The molecule has 21 heavy (non-hydrogen) atoms. The average molecular weight is 287 g/mol. The van der Waals surface area contributed by atoms with Crippen molar-refractivity contribution >= 4 is 0 Å². The third kappa shape index (κ3) is 3.89. The molecule has 5 heteroatoms. The Morgan fingerprint density at radius 1 is 1.33 bits per heavy atom. The van der Waals surface area contributed by atoms with Crippen LogP contribution in [-0.2, 0) is 17.7 Å². The lowest BCUT2D eigenvalue weighted by Gasteiger charge is -2.18. The topological polar surface area (TPSA) is 60.2 Å². The molecule has 1 aromatic heterocycles. The van der Waals surface area contributed by atoms with E-state index in [2.05, 4.69) is 34.5 Å². The summed E-state index contributed by atoms with van der Waals surface area (Å²) in [5, 5.41) is 7.43. The molecule has 1 aromatic carbocycles. The second kappa shape index (κ2) is 6.83. The highest BCUT2D eigenvalue weighted by Crippen LogP contribution is 2.15. The van der Waals surface area contributed by atoms with Gasteiger partial charge in [0.2, 0.25) is 5.89 Å². The maximum atomic E-state index is 5.66. The van der Waals surface area contributed by atoms with Crippen molar-refractivity contribution in [2.24, 2.45) is 0 Å². The molecule has 2 heterocycles. The summed E-state index contributed by atoms with van der Waals surface area (Å²) in [5.74, 6) is 1.36. The van der Waals surface area contributed by atoms with Gasteiger partial charge in [0.25, 0.3) is 0 Å². The number of nitrogens with one attached hydrogen (secondary N) is 1. The molecule has 3 rings (SSSR count). The Morgan fingerprint density at radius 2 is 2.19 bits per heavy atom. The molecule has 1 saturated heterocycles. The fourth-order valence-corrected chi connectivity index (χ4v) is 2.59. The lowest BCUT2D eigenvalue weighted by atomic mass is 10.1. The smallest absolute Gasteiger partial charge is 0.240 e. The predicted octanol–water partition coefficient (Wildman–Crippen LogP) is 2.32. The van der Waals surface area contributed by atoms with Gasteiger partial charge in [-0.2, -0.15) is 4.98 Å². The lowest BCUT2D eigenvalue weighted by Crippen LogP contribution is -2.36. The summed E-state index contributed by atoms with van der Waals surface area (Å²) in [5.41, 5.74) is 1.19. The van der Waals surface area contributed by atoms with Gasteiger partial charge in [-0.1, -0.05) is 35.5 Å². The number of rotatable bonds is 6. The van der Waals surface area contributed by atoms with Crippen LogP contribution in [0.2, 0.25) is 0 Å². The van der Waals surface area contributed by atoms with Gasteiger partial charge in [0.15, 0.2) is 5.82 Å². The number of nitrogens with zero attached hydrogens (tertiary/aromatic N) is 2. The molecule has 112 valence electrons. The van der Waals surface area contributed by atoms with Crippen molar-refractivity contribution < 1.29 is 9.26 Å². The largest absolute Gasteiger partial charge is 0.377 e. The van der Waals surface area contributed by atoms with Gasteiger partial charge < -0.3 is 14.6 Å². The van der Waals surface area contributed by atoms with E-state index < -0.39 is 0 Å². The normalized spacial score (nSPS) is 19.8. The maximum Gasteiger partial charge on any atom is 0.240 e. The van der Waals surface area contributed by atoms with Crippen LogP contribution in [0.3, 0.4) is 0 Å². The Morgan fingerprint density at radius 3 is 2.95 bits per heavy atom. The van der Waals surface area contributed by atoms with E-state index in [1.165, 1.54) is 5.56 Å². The highest BCUT2D eigenvalue weighted by atomic mass is 16.5. The van der Waals surface area contributed by atoms with Crippen molar-refractivity contribution in [3.63, 3.8) is 0 Å². The second-order valence-corrected chi connectivity index (χ2v) is 5.49. The van der Waals surface area contributed by atoms with Crippen LogP contribution in [0.15, 0.2) is 34.9 Å². The number of hydrogen-bond acceptors (Lipinski definition) is 5. The van der Waals surface area contributed by atoms with E-state index in [1.54, 1.807) is 0 Å². The molecule has 2 atom stereocenters. The minimum atomic E-state index is 0.303. The Bertz CT molecular complexity index is 550. The van der Waals surface area contributed by atoms with E-state index in [4.69, 9.17) is 9.26 Å². The van der Waals surface area contributed by atoms with Gasteiger partial charge in [-0.3, -0.25) is 0 Å².